The fraction of sp³-hybridized carbons (Fsp3) is 0.190. The smallest absolute Gasteiger partial charge is 0.363 e. The number of hydrogen-bond acceptors (Lipinski definition) is 5. The Balaban J connectivity index is 1.74. The highest BCUT2D eigenvalue weighted by molar-refractivity contribution is 6.30. The van der Waals surface area contributed by atoms with Gasteiger partial charge in [-0.05, 0) is 36.4 Å². The second-order valence-electron chi connectivity index (χ2n) is 7.25. The molecule has 0 radical (unpaired) electrons. The van der Waals surface area contributed by atoms with Crippen molar-refractivity contribution in [2.75, 3.05) is 0 Å². The molecule has 9 nitrogen and oxygen atoms in total. The van der Waals surface area contributed by atoms with Gasteiger partial charge >= 0.3 is 11.9 Å². The molecule has 2 aromatic carbocycles. The molecule has 176 valence electrons. The maximum atomic E-state index is 13.0. The fourth-order valence-electron chi connectivity index (χ4n) is 3.26. The third-order valence-electron chi connectivity index (χ3n) is 4.81. The minimum Gasteiger partial charge on any atom is -0.363 e. The molecule has 2 heterocycles. The molecule has 0 atom stereocenters. The van der Waals surface area contributed by atoms with E-state index in [4.69, 9.17) is 17.3 Å². The lowest BCUT2D eigenvalue weighted by atomic mass is 10.2. The van der Waals surface area contributed by atoms with Crippen LogP contribution in [0, 0.1) is 0 Å². The van der Waals surface area contributed by atoms with E-state index < -0.39 is 30.7 Å². The van der Waals surface area contributed by atoms with Crippen LogP contribution < -0.4 is 11.4 Å². The molecule has 0 fully saturated rings. The summed E-state index contributed by atoms with van der Waals surface area (Å²) in [6.45, 7) is -0.919. The molecule has 13 heteroatoms. The largest absolute Gasteiger partial charge is 0.390 e. The molecular formula is C21H17ClF3N7O2. The molecule has 0 bridgehead atoms. The van der Waals surface area contributed by atoms with E-state index in [0.29, 0.717) is 16.3 Å². The third kappa shape index (κ3) is 5.01. The molecule has 4 rings (SSSR count). The number of aromatic nitrogens is 6. The lowest BCUT2D eigenvalue weighted by molar-refractivity contribution is -0.136. The van der Waals surface area contributed by atoms with Crippen LogP contribution in [0.3, 0.4) is 0 Å². The van der Waals surface area contributed by atoms with Gasteiger partial charge in [-0.15, -0.1) is 10.2 Å². The topological polar surface area (TPSA) is 114 Å². The Hall–Kier alpha value is -3.93. The van der Waals surface area contributed by atoms with Crippen molar-refractivity contribution in [3.8, 4) is 17.1 Å². The van der Waals surface area contributed by atoms with E-state index in [9.17, 15) is 22.8 Å². The summed E-state index contributed by atoms with van der Waals surface area (Å²) in [5, 5.41) is 8.88. The van der Waals surface area contributed by atoms with Gasteiger partial charge in [-0.1, -0.05) is 29.8 Å². The zero-order valence-corrected chi connectivity index (χ0v) is 18.2. The number of hydrogen-bond donors (Lipinski definition) is 1. The van der Waals surface area contributed by atoms with Gasteiger partial charge < -0.3 is 5.73 Å². The quantitative estimate of drug-likeness (QED) is 0.427. The highest BCUT2D eigenvalue weighted by atomic mass is 35.5. The molecule has 34 heavy (non-hydrogen) atoms. The number of benzene rings is 2. The highest BCUT2D eigenvalue weighted by Gasteiger charge is 2.29. The zero-order valence-electron chi connectivity index (χ0n) is 17.4. The summed E-state index contributed by atoms with van der Waals surface area (Å²) in [7, 11) is 0. The first kappa shape index (κ1) is 23.2. The number of carbonyl (C=O) groups is 1. The van der Waals surface area contributed by atoms with Gasteiger partial charge in [-0.25, -0.2) is 19.1 Å². The molecule has 2 N–H and O–H groups in total. The molecule has 0 saturated heterocycles. The maximum Gasteiger partial charge on any atom is 0.390 e. The van der Waals surface area contributed by atoms with Crippen LogP contribution >= 0.6 is 11.6 Å². The summed E-state index contributed by atoms with van der Waals surface area (Å²) >= 11 is 5.90. The lowest BCUT2D eigenvalue weighted by Crippen LogP contribution is -2.27. The van der Waals surface area contributed by atoms with Gasteiger partial charge in [0, 0.05) is 17.1 Å². The molecule has 0 aliphatic heterocycles. The number of carbonyl (C=O) groups excluding carboxylic acids is 1. The maximum absolute atomic E-state index is 13.0. The molecule has 0 saturated carbocycles. The SMILES string of the molecule is NC(=O)c1nc(Cn2nc(-c3ccc(Cl)cc3)n(CCC(F)(F)F)c2=O)nn1-c1ccccc1. The standard InChI is InChI=1S/C21H17ClF3N7O2/c22-14-8-6-13(7-9-14)18-29-31(20(34)30(18)11-10-21(23,24)25)12-16-27-19(17(26)33)32(28-16)15-4-2-1-3-5-15/h1-9H,10-12H2,(H2,26,33). The number of amides is 1. The number of halogens is 4. The number of alkyl halides is 3. The average molecular weight is 492 g/mol. The van der Waals surface area contributed by atoms with Crippen molar-refractivity contribution >= 4 is 17.5 Å². The van der Waals surface area contributed by atoms with Gasteiger partial charge in [-0.3, -0.25) is 9.36 Å². The monoisotopic (exact) mass is 491 g/mol. The van der Waals surface area contributed by atoms with Crippen LogP contribution in [-0.4, -0.2) is 41.2 Å². The number of primary amides is 1. The number of nitrogens with two attached hydrogens (primary N) is 1. The van der Waals surface area contributed by atoms with Crippen molar-refractivity contribution in [1.29, 1.82) is 0 Å². The summed E-state index contributed by atoms with van der Waals surface area (Å²) in [6, 6.07) is 14.8. The zero-order chi connectivity index (χ0) is 24.5. The first-order valence-corrected chi connectivity index (χ1v) is 10.3. The van der Waals surface area contributed by atoms with Crippen LogP contribution in [0.2, 0.25) is 5.02 Å². The van der Waals surface area contributed by atoms with Crippen LogP contribution in [0.1, 0.15) is 22.9 Å². The van der Waals surface area contributed by atoms with E-state index in [0.717, 1.165) is 9.25 Å². The summed E-state index contributed by atoms with van der Waals surface area (Å²) in [5.74, 6) is -0.942. The molecule has 0 aliphatic carbocycles. The minimum atomic E-state index is -4.47. The predicted molar refractivity (Wildman–Crippen MR) is 117 cm³/mol. The van der Waals surface area contributed by atoms with Crippen molar-refractivity contribution in [1.82, 2.24) is 29.1 Å². The number of rotatable bonds is 7. The van der Waals surface area contributed by atoms with E-state index in [-0.39, 0.29) is 24.0 Å². The van der Waals surface area contributed by atoms with Gasteiger partial charge in [0.05, 0.1) is 12.1 Å². The summed E-state index contributed by atoms with van der Waals surface area (Å²) < 4.78 is 41.7. The second kappa shape index (κ2) is 9.14. The Labute approximate surface area is 195 Å². The van der Waals surface area contributed by atoms with Gasteiger partial charge in [0.1, 0.15) is 6.54 Å². The first-order valence-electron chi connectivity index (χ1n) is 9.94. The van der Waals surface area contributed by atoms with E-state index in [1.807, 2.05) is 0 Å². The molecule has 0 unspecified atom stereocenters. The number of nitrogens with zero attached hydrogens (tertiary/aromatic N) is 6. The fourth-order valence-corrected chi connectivity index (χ4v) is 3.39. The van der Waals surface area contributed by atoms with Crippen molar-refractivity contribution in [3.63, 3.8) is 0 Å². The van der Waals surface area contributed by atoms with E-state index in [2.05, 4.69) is 15.2 Å². The number of para-hydroxylation sites is 1. The van der Waals surface area contributed by atoms with Gasteiger partial charge in [-0.2, -0.15) is 13.2 Å². The lowest BCUT2D eigenvalue weighted by Gasteiger charge is -2.08. The molecule has 4 aromatic rings. The van der Waals surface area contributed by atoms with E-state index in [1.54, 1.807) is 42.5 Å². The van der Waals surface area contributed by atoms with Crippen LogP contribution in [-0.2, 0) is 13.1 Å². The van der Waals surface area contributed by atoms with E-state index >= 15 is 0 Å². The Morgan fingerprint density at radius 1 is 1.03 bits per heavy atom. The van der Waals surface area contributed by atoms with Crippen molar-refractivity contribution in [3.05, 3.63) is 81.8 Å². The van der Waals surface area contributed by atoms with Gasteiger partial charge in [0.15, 0.2) is 11.6 Å². The summed E-state index contributed by atoms with van der Waals surface area (Å²) in [6.07, 6.45) is -5.68. The Morgan fingerprint density at radius 3 is 2.32 bits per heavy atom. The Bertz CT molecular complexity index is 1380. The average Bonchev–Trinajstić information content (AvgIpc) is 3.35. The van der Waals surface area contributed by atoms with Crippen molar-refractivity contribution in [2.45, 2.75) is 25.7 Å². The molecular weight excluding hydrogens is 475 g/mol. The van der Waals surface area contributed by atoms with E-state index in [1.165, 1.54) is 16.8 Å². The van der Waals surface area contributed by atoms with Crippen LogP contribution in [0.5, 0.6) is 0 Å². The highest BCUT2D eigenvalue weighted by Crippen LogP contribution is 2.23. The molecule has 0 spiro atoms. The second-order valence-corrected chi connectivity index (χ2v) is 7.69. The molecule has 1 amide bonds. The van der Waals surface area contributed by atoms with Crippen LogP contribution in [0.4, 0.5) is 13.2 Å². The van der Waals surface area contributed by atoms with Crippen LogP contribution in [0.15, 0.2) is 59.4 Å². The third-order valence-corrected chi connectivity index (χ3v) is 5.06. The van der Waals surface area contributed by atoms with Crippen LogP contribution in [0.25, 0.3) is 17.1 Å². The van der Waals surface area contributed by atoms with Crippen molar-refractivity contribution in [2.24, 2.45) is 5.73 Å². The van der Waals surface area contributed by atoms with Gasteiger partial charge in [0.2, 0.25) is 5.82 Å². The first-order chi connectivity index (χ1) is 16.1. The van der Waals surface area contributed by atoms with Crippen molar-refractivity contribution < 1.29 is 18.0 Å². The Morgan fingerprint density at radius 2 is 1.71 bits per heavy atom. The predicted octanol–water partition coefficient (Wildman–Crippen LogP) is 3.05. The van der Waals surface area contributed by atoms with Gasteiger partial charge in [0.25, 0.3) is 5.91 Å². The minimum absolute atomic E-state index is 0.0304. The Kier molecular flexibility index (Phi) is 6.24. The summed E-state index contributed by atoms with van der Waals surface area (Å²) in [5.41, 5.74) is 5.55. The molecule has 0 aliphatic rings. The normalized spacial score (nSPS) is 11.6. The molecule has 2 aromatic heterocycles. The summed E-state index contributed by atoms with van der Waals surface area (Å²) in [4.78, 5) is 28.9.